The Labute approximate surface area is 171 Å². The summed E-state index contributed by atoms with van der Waals surface area (Å²) in [6, 6.07) is 1.81. The number of aromatic nitrogens is 4. The highest BCUT2D eigenvalue weighted by atomic mass is 19.4. The van der Waals surface area contributed by atoms with E-state index in [4.69, 9.17) is 0 Å². The third-order valence-corrected chi connectivity index (χ3v) is 4.98. The lowest BCUT2D eigenvalue weighted by Gasteiger charge is -2.21. The zero-order chi connectivity index (χ0) is 22.6. The van der Waals surface area contributed by atoms with Crippen molar-refractivity contribution in [3.8, 4) is 11.3 Å². The van der Waals surface area contributed by atoms with E-state index in [1.807, 2.05) is 5.32 Å². The van der Waals surface area contributed by atoms with Gasteiger partial charge < -0.3 is 5.32 Å². The minimum atomic E-state index is -4.75. The van der Waals surface area contributed by atoms with Gasteiger partial charge in [0.2, 0.25) is 0 Å². The summed E-state index contributed by atoms with van der Waals surface area (Å²) in [4.78, 5) is 20.1. The quantitative estimate of drug-likeness (QED) is 0.614. The first-order valence-electron chi connectivity index (χ1n) is 9.22. The van der Waals surface area contributed by atoms with E-state index in [0.717, 1.165) is 12.4 Å². The summed E-state index contributed by atoms with van der Waals surface area (Å²) in [5, 5.41) is 5.93. The van der Waals surface area contributed by atoms with Crippen molar-refractivity contribution in [3.63, 3.8) is 0 Å². The molecular formula is C19H15F6N5O. The number of hydrogen-bond donors (Lipinski definition) is 1. The van der Waals surface area contributed by atoms with E-state index in [-0.39, 0.29) is 22.5 Å². The van der Waals surface area contributed by atoms with Crippen molar-refractivity contribution in [1.82, 2.24) is 24.9 Å². The van der Waals surface area contributed by atoms with Gasteiger partial charge in [0.25, 0.3) is 5.91 Å². The van der Waals surface area contributed by atoms with Crippen molar-refractivity contribution in [1.29, 1.82) is 0 Å². The largest absolute Gasteiger partial charge is 0.434 e. The molecule has 3 aromatic heterocycles. The number of nitrogens with one attached hydrogen (secondary N) is 1. The monoisotopic (exact) mass is 443 g/mol. The number of rotatable bonds is 4. The molecule has 0 aliphatic heterocycles. The Morgan fingerprint density at radius 2 is 1.94 bits per heavy atom. The van der Waals surface area contributed by atoms with Gasteiger partial charge in [-0.1, -0.05) is 0 Å². The third kappa shape index (κ3) is 4.06. The number of halogens is 6. The van der Waals surface area contributed by atoms with Gasteiger partial charge in [-0.15, -0.1) is 0 Å². The lowest BCUT2D eigenvalue weighted by atomic mass is 10.1. The average Bonchev–Trinajstić information content (AvgIpc) is 3.42. The van der Waals surface area contributed by atoms with E-state index < -0.39 is 35.9 Å². The molecule has 1 atom stereocenters. The average molecular weight is 443 g/mol. The number of hydrogen-bond acceptors (Lipinski definition) is 4. The minimum Gasteiger partial charge on any atom is -0.340 e. The van der Waals surface area contributed by atoms with Gasteiger partial charge >= 0.3 is 12.4 Å². The van der Waals surface area contributed by atoms with Crippen molar-refractivity contribution < 1.29 is 31.1 Å². The van der Waals surface area contributed by atoms with Crippen LogP contribution >= 0.6 is 0 Å². The van der Waals surface area contributed by atoms with Crippen LogP contribution in [0.2, 0.25) is 0 Å². The van der Waals surface area contributed by atoms with Crippen LogP contribution in [0.1, 0.15) is 34.6 Å². The fourth-order valence-electron chi connectivity index (χ4n) is 3.36. The summed E-state index contributed by atoms with van der Waals surface area (Å²) in [5.74, 6) is -1.74. The summed E-state index contributed by atoms with van der Waals surface area (Å²) in [5.41, 5.74) is -1.69. The molecule has 0 radical (unpaired) electrons. The predicted octanol–water partition coefficient (Wildman–Crippen LogP) is 4.19. The molecule has 1 saturated carbocycles. The Morgan fingerprint density at radius 3 is 2.55 bits per heavy atom. The van der Waals surface area contributed by atoms with Gasteiger partial charge in [-0.3, -0.25) is 9.78 Å². The first kappa shape index (κ1) is 21.1. The number of carbonyl (C=O) groups excluding carboxylic acids is 1. The summed E-state index contributed by atoms with van der Waals surface area (Å²) in [6.07, 6.45) is -6.63. The van der Waals surface area contributed by atoms with Crippen LogP contribution < -0.4 is 5.32 Å². The van der Waals surface area contributed by atoms with Gasteiger partial charge in [0, 0.05) is 17.5 Å². The van der Waals surface area contributed by atoms with Crippen molar-refractivity contribution in [2.75, 3.05) is 0 Å². The van der Waals surface area contributed by atoms with Gasteiger partial charge in [0.15, 0.2) is 11.3 Å². The maximum Gasteiger partial charge on any atom is 0.434 e. The molecule has 12 heteroatoms. The van der Waals surface area contributed by atoms with Gasteiger partial charge in [0.1, 0.15) is 11.6 Å². The molecular weight excluding hydrogens is 428 g/mol. The summed E-state index contributed by atoms with van der Waals surface area (Å²) in [7, 11) is 0. The van der Waals surface area contributed by atoms with Gasteiger partial charge in [-0.2, -0.15) is 31.4 Å². The van der Waals surface area contributed by atoms with Crippen LogP contribution in [0.15, 0.2) is 30.6 Å². The first-order valence-corrected chi connectivity index (χ1v) is 9.22. The zero-order valence-electron chi connectivity index (χ0n) is 15.9. The van der Waals surface area contributed by atoms with Crippen molar-refractivity contribution >= 4 is 11.6 Å². The fraction of sp³-hybridized carbons (Fsp3) is 0.368. The topological polar surface area (TPSA) is 72.2 Å². The molecule has 3 aromatic rings. The Hall–Kier alpha value is -3.18. The standard InChI is InChI=1S/C19H15F6N5O/c1-9-7-13(11-3-2-6-26-15(11)19(23,24)25)28-16-12(8-27-30(9)16)17(31)29-14(10-4-5-10)18(20,21)22/h2-3,6-8,10,14H,4-5H2,1H3,(H,29,31)/t14-/m1/s1. The van der Waals surface area contributed by atoms with Gasteiger partial charge in [0.05, 0.1) is 11.9 Å². The van der Waals surface area contributed by atoms with Crippen LogP contribution in [0, 0.1) is 12.8 Å². The summed E-state index contributed by atoms with van der Waals surface area (Å²) in [6.45, 7) is 1.53. The molecule has 3 heterocycles. The third-order valence-electron chi connectivity index (χ3n) is 4.98. The second-order valence-electron chi connectivity index (χ2n) is 7.30. The molecule has 0 unspecified atom stereocenters. The van der Waals surface area contributed by atoms with Crippen molar-refractivity contribution in [2.45, 2.75) is 38.2 Å². The molecule has 4 rings (SSSR count). The minimum absolute atomic E-state index is 0.130. The number of alkyl halides is 6. The predicted molar refractivity (Wildman–Crippen MR) is 96.0 cm³/mol. The Balaban J connectivity index is 1.77. The molecule has 1 amide bonds. The first-order chi connectivity index (χ1) is 14.5. The van der Waals surface area contributed by atoms with E-state index in [9.17, 15) is 31.1 Å². The Bertz CT molecular complexity index is 1150. The summed E-state index contributed by atoms with van der Waals surface area (Å²) < 4.78 is 81.0. The van der Waals surface area contributed by atoms with E-state index >= 15 is 0 Å². The molecule has 0 spiro atoms. The number of carbonyl (C=O) groups is 1. The molecule has 6 nitrogen and oxygen atoms in total. The van der Waals surface area contributed by atoms with Crippen molar-refractivity contribution in [2.24, 2.45) is 5.92 Å². The number of amides is 1. The maximum atomic E-state index is 13.4. The van der Waals surface area contributed by atoms with Gasteiger partial charge in [-0.05, 0) is 43.9 Å². The second-order valence-corrected chi connectivity index (χ2v) is 7.30. The lowest BCUT2D eigenvalue weighted by Crippen LogP contribution is -2.46. The number of fused-ring (bicyclic) bond motifs is 1. The molecule has 0 saturated heterocycles. The molecule has 1 fully saturated rings. The normalized spacial score (nSPS) is 15.8. The highest BCUT2D eigenvalue weighted by molar-refractivity contribution is 6.00. The van der Waals surface area contributed by atoms with Crippen LogP contribution in [0.4, 0.5) is 26.3 Å². The molecule has 1 N–H and O–H groups in total. The fourth-order valence-corrected chi connectivity index (χ4v) is 3.36. The van der Waals surface area contributed by atoms with Crippen LogP contribution in [-0.4, -0.2) is 37.7 Å². The van der Waals surface area contributed by atoms with Gasteiger partial charge in [-0.25, -0.2) is 9.50 Å². The Morgan fingerprint density at radius 1 is 1.23 bits per heavy atom. The SMILES string of the molecule is Cc1cc(-c2cccnc2C(F)(F)F)nc2c(C(=O)N[C@H](C3CC3)C(F)(F)F)cnn12. The van der Waals surface area contributed by atoms with E-state index in [2.05, 4.69) is 15.1 Å². The summed E-state index contributed by atoms with van der Waals surface area (Å²) >= 11 is 0. The zero-order valence-corrected chi connectivity index (χ0v) is 15.9. The van der Waals surface area contributed by atoms with Crippen LogP contribution in [0.5, 0.6) is 0 Å². The smallest absolute Gasteiger partial charge is 0.340 e. The molecule has 0 aromatic carbocycles. The molecule has 1 aliphatic carbocycles. The molecule has 164 valence electrons. The second kappa shape index (κ2) is 7.20. The van der Waals surface area contributed by atoms with E-state index in [1.165, 1.54) is 29.6 Å². The number of aryl methyl sites for hydroxylation is 1. The van der Waals surface area contributed by atoms with Crippen LogP contribution in [0.3, 0.4) is 0 Å². The van der Waals surface area contributed by atoms with Crippen LogP contribution in [0.25, 0.3) is 16.9 Å². The number of pyridine rings is 1. The molecule has 0 bridgehead atoms. The highest BCUT2D eigenvalue weighted by Crippen LogP contribution is 2.40. The highest BCUT2D eigenvalue weighted by Gasteiger charge is 2.50. The van der Waals surface area contributed by atoms with Crippen LogP contribution in [-0.2, 0) is 6.18 Å². The lowest BCUT2D eigenvalue weighted by molar-refractivity contribution is -0.158. The molecule has 1 aliphatic rings. The van der Waals surface area contributed by atoms with E-state index in [0.29, 0.717) is 18.5 Å². The maximum absolute atomic E-state index is 13.4. The molecule has 31 heavy (non-hydrogen) atoms. The Kier molecular flexibility index (Phi) is 4.90. The van der Waals surface area contributed by atoms with Crippen molar-refractivity contribution in [3.05, 3.63) is 47.5 Å². The number of nitrogens with zero attached hydrogens (tertiary/aromatic N) is 4. The van der Waals surface area contributed by atoms with E-state index in [1.54, 1.807) is 0 Å².